The van der Waals surface area contributed by atoms with Gasteiger partial charge in [0.05, 0.1) is 0 Å². The van der Waals surface area contributed by atoms with E-state index in [2.05, 4.69) is 0 Å². The quantitative estimate of drug-likeness (QED) is 0.628. The molecule has 0 atom stereocenters. The minimum absolute atomic E-state index is 0.166. The molecule has 2 aromatic carbocycles. The summed E-state index contributed by atoms with van der Waals surface area (Å²) in [5.41, 5.74) is 0.0732. The molecule has 1 heterocycles. The Hall–Kier alpha value is -2.88. The van der Waals surface area contributed by atoms with Gasteiger partial charge in [-0.3, -0.25) is 9.59 Å². The predicted octanol–water partition coefficient (Wildman–Crippen LogP) is 3.86. The zero-order valence-corrected chi connectivity index (χ0v) is 14.3. The van der Waals surface area contributed by atoms with Gasteiger partial charge < -0.3 is 9.47 Å². The Kier molecular flexibility index (Phi) is 4.45. The Balaban J connectivity index is 1.98. The zero-order valence-electron chi connectivity index (χ0n) is 14.3. The van der Waals surface area contributed by atoms with Crippen molar-refractivity contribution in [1.29, 1.82) is 0 Å². The Morgan fingerprint density at radius 3 is 1.92 bits per heavy atom. The maximum absolute atomic E-state index is 12.8. The standard InChI is InChI=1S/C21H20O4/c1-20(2)24-18(22)21(19(23)25-20,17-13-7-4-8-14-17)15-9-12-16-10-5-3-6-11-16/h3-14H,15H2,1-2H3. The number of allylic oxidation sites excluding steroid dienone is 1. The van der Waals surface area contributed by atoms with Gasteiger partial charge in [-0.2, -0.15) is 0 Å². The first-order valence-corrected chi connectivity index (χ1v) is 8.18. The van der Waals surface area contributed by atoms with Gasteiger partial charge >= 0.3 is 11.9 Å². The summed E-state index contributed by atoms with van der Waals surface area (Å²) in [5, 5.41) is 0. The smallest absolute Gasteiger partial charge is 0.331 e. The fraction of sp³-hybridized carbons (Fsp3) is 0.238. The van der Waals surface area contributed by atoms with Crippen molar-refractivity contribution in [2.45, 2.75) is 31.5 Å². The fourth-order valence-corrected chi connectivity index (χ4v) is 2.90. The van der Waals surface area contributed by atoms with Crippen molar-refractivity contribution in [3.63, 3.8) is 0 Å². The molecule has 4 nitrogen and oxygen atoms in total. The Morgan fingerprint density at radius 2 is 1.36 bits per heavy atom. The number of esters is 2. The number of carbonyl (C=O) groups excluding carboxylic acids is 2. The van der Waals surface area contributed by atoms with E-state index in [9.17, 15) is 9.59 Å². The van der Waals surface area contributed by atoms with Crippen LogP contribution in [0.1, 0.15) is 31.4 Å². The number of rotatable bonds is 4. The molecule has 0 unspecified atom stereocenters. The normalized spacial score (nSPS) is 18.6. The lowest BCUT2D eigenvalue weighted by atomic mass is 9.76. The average Bonchev–Trinajstić information content (AvgIpc) is 2.58. The van der Waals surface area contributed by atoms with E-state index >= 15 is 0 Å². The third-order valence-electron chi connectivity index (χ3n) is 4.17. The first-order valence-electron chi connectivity index (χ1n) is 8.18. The van der Waals surface area contributed by atoms with Crippen LogP contribution in [0.25, 0.3) is 6.08 Å². The maximum Gasteiger partial charge on any atom is 0.331 e. The molecule has 1 aliphatic heterocycles. The number of hydrogen-bond donors (Lipinski definition) is 0. The summed E-state index contributed by atoms with van der Waals surface area (Å²) in [6.45, 7) is 3.11. The summed E-state index contributed by atoms with van der Waals surface area (Å²) in [6.07, 6.45) is 3.85. The minimum Gasteiger partial charge on any atom is -0.422 e. The molecular weight excluding hydrogens is 316 g/mol. The zero-order chi connectivity index (χ0) is 17.9. The van der Waals surface area contributed by atoms with Crippen molar-refractivity contribution in [1.82, 2.24) is 0 Å². The molecule has 1 aliphatic rings. The average molecular weight is 336 g/mol. The van der Waals surface area contributed by atoms with Gasteiger partial charge in [0.25, 0.3) is 5.79 Å². The van der Waals surface area contributed by atoms with Crippen LogP contribution in [-0.2, 0) is 24.5 Å². The first-order chi connectivity index (χ1) is 11.9. The van der Waals surface area contributed by atoms with E-state index in [1.165, 1.54) is 0 Å². The lowest BCUT2D eigenvalue weighted by molar-refractivity contribution is -0.243. The van der Waals surface area contributed by atoms with Gasteiger partial charge in [-0.05, 0) is 17.5 Å². The van der Waals surface area contributed by atoms with Crippen molar-refractivity contribution in [2.24, 2.45) is 0 Å². The van der Waals surface area contributed by atoms with E-state index in [-0.39, 0.29) is 6.42 Å². The second-order valence-electron chi connectivity index (χ2n) is 6.47. The number of cyclic esters (lactones) is 2. The number of benzene rings is 2. The van der Waals surface area contributed by atoms with Crippen molar-refractivity contribution in [3.8, 4) is 0 Å². The van der Waals surface area contributed by atoms with Crippen LogP contribution in [0.4, 0.5) is 0 Å². The van der Waals surface area contributed by atoms with Crippen LogP contribution in [0, 0.1) is 0 Å². The first kappa shape index (κ1) is 17.0. The van der Waals surface area contributed by atoms with E-state index in [0.717, 1.165) is 5.56 Å². The molecule has 1 fully saturated rings. The van der Waals surface area contributed by atoms with Crippen molar-refractivity contribution in [2.75, 3.05) is 0 Å². The largest absolute Gasteiger partial charge is 0.422 e. The van der Waals surface area contributed by atoms with Crippen molar-refractivity contribution in [3.05, 3.63) is 77.9 Å². The fourth-order valence-electron chi connectivity index (χ4n) is 2.90. The second-order valence-corrected chi connectivity index (χ2v) is 6.47. The van der Waals surface area contributed by atoms with Crippen molar-refractivity contribution >= 4 is 18.0 Å². The summed E-state index contributed by atoms with van der Waals surface area (Å²) >= 11 is 0. The van der Waals surface area contributed by atoms with Gasteiger partial charge in [-0.15, -0.1) is 0 Å². The van der Waals surface area contributed by atoms with Gasteiger partial charge in [0.1, 0.15) is 0 Å². The molecule has 128 valence electrons. The summed E-state index contributed by atoms with van der Waals surface area (Å²) in [6, 6.07) is 18.6. The SMILES string of the molecule is CC1(C)OC(=O)C(CC=Cc2ccccc2)(c2ccccc2)C(=O)O1. The molecule has 1 saturated heterocycles. The summed E-state index contributed by atoms with van der Waals surface area (Å²) in [7, 11) is 0. The van der Waals surface area contributed by atoms with Crippen LogP contribution in [0.2, 0.25) is 0 Å². The minimum atomic E-state index is -1.48. The van der Waals surface area contributed by atoms with Crippen LogP contribution < -0.4 is 0 Å². The summed E-state index contributed by atoms with van der Waals surface area (Å²) < 4.78 is 10.8. The molecule has 4 heteroatoms. The molecule has 0 spiro atoms. The molecule has 0 aliphatic carbocycles. The lowest BCUT2D eigenvalue weighted by Crippen LogP contribution is -2.56. The molecule has 3 rings (SSSR count). The van der Waals surface area contributed by atoms with Crippen molar-refractivity contribution < 1.29 is 19.1 Å². The second kappa shape index (κ2) is 6.55. The topological polar surface area (TPSA) is 52.6 Å². The monoisotopic (exact) mass is 336 g/mol. The highest BCUT2D eigenvalue weighted by molar-refractivity contribution is 6.08. The Labute approximate surface area is 147 Å². The molecule has 0 amide bonds. The van der Waals surface area contributed by atoms with E-state index in [0.29, 0.717) is 5.56 Å². The maximum atomic E-state index is 12.8. The van der Waals surface area contributed by atoms with E-state index < -0.39 is 23.1 Å². The van der Waals surface area contributed by atoms with Crippen LogP contribution in [0.5, 0.6) is 0 Å². The van der Waals surface area contributed by atoms with E-state index in [1.807, 2.05) is 48.6 Å². The molecule has 25 heavy (non-hydrogen) atoms. The number of hydrogen-bond acceptors (Lipinski definition) is 4. The van der Waals surface area contributed by atoms with Gasteiger partial charge in [0, 0.05) is 13.8 Å². The summed E-state index contributed by atoms with van der Waals surface area (Å²) in [4.78, 5) is 25.7. The highest BCUT2D eigenvalue weighted by atomic mass is 16.7. The molecule has 0 N–H and O–H groups in total. The third-order valence-corrected chi connectivity index (χ3v) is 4.17. The Morgan fingerprint density at radius 1 is 0.840 bits per heavy atom. The lowest BCUT2D eigenvalue weighted by Gasteiger charge is -2.40. The molecule has 0 saturated carbocycles. The van der Waals surface area contributed by atoms with Crippen LogP contribution in [-0.4, -0.2) is 17.7 Å². The molecule has 0 bridgehead atoms. The number of ether oxygens (including phenoxy) is 2. The van der Waals surface area contributed by atoms with Crippen LogP contribution in [0.3, 0.4) is 0 Å². The molecule has 2 aromatic rings. The van der Waals surface area contributed by atoms with E-state index in [1.54, 1.807) is 38.1 Å². The Bertz CT molecular complexity index is 771. The summed E-state index contributed by atoms with van der Waals surface area (Å²) in [5.74, 6) is -2.43. The van der Waals surface area contributed by atoms with Gasteiger partial charge in [-0.25, -0.2) is 0 Å². The van der Waals surface area contributed by atoms with Gasteiger partial charge in [-0.1, -0.05) is 72.8 Å². The van der Waals surface area contributed by atoms with Crippen LogP contribution >= 0.6 is 0 Å². The van der Waals surface area contributed by atoms with Crippen LogP contribution in [0.15, 0.2) is 66.7 Å². The third kappa shape index (κ3) is 3.33. The highest BCUT2D eigenvalue weighted by Crippen LogP contribution is 2.38. The van der Waals surface area contributed by atoms with E-state index in [4.69, 9.17) is 9.47 Å². The predicted molar refractivity (Wildman–Crippen MR) is 94.5 cm³/mol. The number of carbonyl (C=O) groups is 2. The van der Waals surface area contributed by atoms with Gasteiger partial charge in [0.2, 0.25) is 0 Å². The molecular formula is C21H20O4. The van der Waals surface area contributed by atoms with Gasteiger partial charge in [0.15, 0.2) is 5.41 Å². The molecule has 0 radical (unpaired) electrons. The molecule has 0 aromatic heterocycles. The highest BCUT2D eigenvalue weighted by Gasteiger charge is 2.56.